The van der Waals surface area contributed by atoms with Gasteiger partial charge in [-0.15, -0.1) is 0 Å². The maximum absolute atomic E-state index is 11.3. The molecule has 0 saturated carbocycles. The first kappa shape index (κ1) is 21.9. The Hall–Kier alpha value is -3.40. The predicted molar refractivity (Wildman–Crippen MR) is 102 cm³/mol. The molecule has 0 aliphatic rings. The van der Waals surface area contributed by atoms with E-state index >= 15 is 0 Å². The van der Waals surface area contributed by atoms with Crippen molar-refractivity contribution < 1.29 is 30.0 Å². The van der Waals surface area contributed by atoms with Crippen LogP contribution < -0.4 is 10.2 Å². The molecule has 0 fully saturated rings. The van der Waals surface area contributed by atoms with Crippen molar-refractivity contribution in [2.75, 3.05) is 0 Å². The second-order valence-corrected chi connectivity index (χ2v) is 5.66. The summed E-state index contributed by atoms with van der Waals surface area (Å²) < 4.78 is 0. The van der Waals surface area contributed by atoms with E-state index in [1.807, 2.05) is 0 Å². The van der Waals surface area contributed by atoms with Crippen molar-refractivity contribution in [3.63, 3.8) is 0 Å². The molecule has 0 amide bonds. The van der Waals surface area contributed by atoms with Crippen molar-refractivity contribution in [1.29, 1.82) is 0 Å². The van der Waals surface area contributed by atoms with Crippen LogP contribution in [0.4, 0.5) is 0 Å². The summed E-state index contributed by atoms with van der Waals surface area (Å²) in [5.74, 6) is -2.78. The molecule has 0 unspecified atom stereocenters. The fraction of sp³-hybridized carbons (Fsp3) is 0. The van der Waals surface area contributed by atoms with Crippen LogP contribution in [0.1, 0.15) is 21.0 Å². The van der Waals surface area contributed by atoms with Crippen LogP contribution in [0, 0.1) is 0 Å². The Balaban J connectivity index is 0.000000200. The number of para-hydroxylation sites is 2. The first-order valence-corrected chi connectivity index (χ1v) is 7.97. The number of rotatable bonds is 2. The third-order valence-electron chi connectivity index (χ3n) is 3.80. The fourth-order valence-corrected chi connectivity index (χ4v) is 2.48. The summed E-state index contributed by atoms with van der Waals surface area (Å²) in [7, 11) is 0. The summed E-state index contributed by atoms with van der Waals surface area (Å²) in [6, 6.07) is 15.3. The topological polar surface area (TPSA) is 146 Å². The smallest absolute Gasteiger partial charge is 0.871 e. The quantitative estimate of drug-likeness (QED) is 0.399. The Kier molecular flexibility index (Phi) is 6.94. The van der Waals surface area contributed by atoms with E-state index in [4.69, 9.17) is 10.2 Å². The third kappa shape index (κ3) is 4.91. The molecule has 29 heavy (non-hydrogen) atoms. The van der Waals surface area contributed by atoms with Crippen LogP contribution in [0.2, 0.25) is 0 Å². The summed E-state index contributed by atoms with van der Waals surface area (Å²) in [6.07, 6.45) is 0. The first-order valence-electron chi connectivity index (χ1n) is 7.97. The van der Waals surface area contributed by atoms with Crippen LogP contribution in [-0.4, -0.2) is 56.0 Å². The van der Waals surface area contributed by atoms with E-state index in [0.717, 1.165) is 0 Å². The van der Waals surface area contributed by atoms with Gasteiger partial charge in [0.05, 0.1) is 11.0 Å². The SMILES string of the molecule is O=C(O)c1ccc2cccc([O-])c2n1.O=C(O)c1ccc2cccc([O-])c2n1.[Sn+2]. The molecule has 2 aromatic carbocycles. The summed E-state index contributed by atoms with van der Waals surface area (Å²) in [5.41, 5.74) is 0.182. The standard InChI is InChI=1S/2C10H7NO3.Sn/c2*12-8-3-1-2-6-4-5-7(10(13)14)11-9(6)8;/h2*1-5,12H,(H,13,14);/q;;+2/p-2. The minimum absolute atomic E-state index is 0. The molecule has 9 heteroatoms. The van der Waals surface area contributed by atoms with Gasteiger partial charge in [0.25, 0.3) is 0 Å². The molecule has 0 spiro atoms. The molecule has 8 nitrogen and oxygen atoms in total. The minimum atomic E-state index is -1.13. The molecule has 0 saturated heterocycles. The maximum Gasteiger partial charge on any atom is 2.00 e. The van der Waals surface area contributed by atoms with Crippen molar-refractivity contribution >= 4 is 57.7 Å². The summed E-state index contributed by atoms with van der Waals surface area (Å²) in [4.78, 5) is 28.7. The van der Waals surface area contributed by atoms with Gasteiger partial charge in [-0.05, 0) is 22.9 Å². The number of hydrogen-bond acceptors (Lipinski definition) is 6. The molecule has 4 aromatic rings. The van der Waals surface area contributed by atoms with Gasteiger partial charge < -0.3 is 20.4 Å². The fourth-order valence-electron chi connectivity index (χ4n) is 2.48. The molecule has 142 valence electrons. The molecular formula is C20H12N2O6Sn. The summed E-state index contributed by atoms with van der Waals surface area (Å²) in [5, 5.41) is 41.2. The number of carboxylic acid groups (broad SMARTS) is 2. The van der Waals surface area contributed by atoms with E-state index in [-0.39, 0.29) is 57.8 Å². The maximum atomic E-state index is 11.3. The van der Waals surface area contributed by atoms with Crippen LogP contribution in [0.5, 0.6) is 11.5 Å². The van der Waals surface area contributed by atoms with Crippen LogP contribution in [0.25, 0.3) is 21.8 Å². The van der Waals surface area contributed by atoms with E-state index in [1.54, 1.807) is 36.4 Å². The molecule has 2 aromatic heterocycles. The monoisotopic (exact) mass is 496 g/mol. The van der Waals surface area contributed by atoms with Crippen LogP contribution in [0.3, 0.4) is 0 Å². The predicted octanol–water partition coefficient (Wildman–Crippen LogP) is 1.63. The van der Waals surface area contributed by atoms with Crippen LogP contribution >= 0.6 is 0 Å². The molecular weight excluding hydrogens is 483 g/mol. The minimum Gasteiger partial charge on any atom is -0.871 e. The normalized spacial score (nSPS) is 9.93. The number of carbonyl (C=O) groups is 2. The zero-order valence-corrected chi connectivity index (χ0v) is 17.5. The first-order chi connectivity index (χ1) is 13.4. The molecule has 4 rings (SSSR count). The van der Waals surface area contributed by atoms with E-state index in [9.17, 15) is 19.8 Å². The molecule has 2 N–H and O–H groups in total. The largest absolute Gasteiger partial charge is 2.00 e. The molecule has 0 atom stereocenters. The number of nitrogens with zero attached hydrogens (tertiary/aromatic N) is 2. The van der Waals surface area contributed by atoms with Gasteiger partial charge in [0.15, 0.2) is 0 Å². The van der Waals surface area contributed by atoms with Gasteiger partial charge in [-0.2, -0.15) is 0 Å². The van der Waals surface area contributed by atoms with Crippen molar-refractivity contribution in [3.05, 3.63) is 72.1 Å². The van der Waals surface area contributed by atoms with Crippen LogP contribution in [0.15, 0.2) is 60.7 Å². The van der Waals surface area contributed by atoms with E-state index in [2.05, 4.69) is 9.97 Å². The number of fused-ring (bicyclic) bond motifs is 2. The van der Waals surface area contributed by atoms with Gasteiger partial charge in [-0.1, -0.05) is 60.0 Å². The molecule has 2 heterocycles. The van der Waals surface area contributed by atoms with Crippen molar-refractivity contribution in [2.45, 2.75) is 0 Å². The van der Waals surface area contributed by atoms with Crippen molar-refractivity contribution in [3.8, 4) is 11.5 Å². The van der Waals surface area contributed by atoms with Gasteiger partial charge in [0.2, 0.25) is 0 Å². The summed E-state index contributed by atoms with van der Waals surface area (Å²) >= 11 is 0. The second kappa shape index (κ2) is 9.19. The second-order valence-electron chi connectivity index (χ2n) is 5.66. The number of aromatic carboxylic acids is 2. The van der Waals surface area contributed by atoms with E-state index in [1.165, 1.54) is 24.3 Å². The van der Waals surface area contributed by atoms with Gasteiger partial charge in [0, 0.05) is 0 Å². The number of pyridine rings is 2. The zero-order chi connectivity index (χ0) is 20.3. The van der Waals surface area contributed by atoms with Gasteiger partial charge in [-0.3, -0.25) is 0 Å². The number of carboxylic acids is 2. The number of benzene rings is 2. The number of hydrogen-bond donors (Lipinski definition) is 2. The van der Waals surface area contributed by atoms with Gasteiger partial charge >= 0.3 is 35.8 Å². The zero-order valence-electron chi connectivity index (χ0n) is 14.7. The molecule has 0 aliphatic carbocycles. The van der Waals surface area contributed by atoms with E-state index < -0.39 is 11.9 Å². The molecule has 2 radical (unpaired) electrons. The van der Waals surface area contributed by atoms with Crippen molar-refractivity contribution in [1.82, 2.24) is 9.97 Å². The third-order valence-corrected chi connectivity index (χ3v) is 3.80. The average Bonchev–Trinajstić information content (AvgIpc) is 2.68. The molecule has 0 bridgehead atoms. The Morgan fingerprint density at radius 2 is 1.03 bits per heavy atom. The Labute approximate surface area is 181 Å². The Bertz CT molecular complexity index is 1120. The average molecular weight is 495 g/mol. The molecule has 0 aliphatic heterocycles. The number of aromatic nitrogens is 2. The van der Waals surface area contributed by atoms with Crippen LogP contribution in [-0.2, 0) is 0 Å². The van der Waals surface area contributed by atoms with Gasteiger partial charge in [-0.25, -0.2) is 19.6 Å². The Morgan fingerprint density at radius 1 is 0.655 bits per heavy atom. The van der Waals surface area contributed by atoms with Crippen molar-refractivity contribution in [2.24, 2.45) is 0 Å². The van der Waals surface area contributed by atoms with Gasteiger partial charge in [0.1, 0.15) is 11.4 Å². The van der Waals surface area contributed by atoms with E-state index in [0.29, 0.717) is 10.8 Å². The Morgan fingerprint density at radius 3 is 1.38 bits per heavy atom. The summed E-state index contributed by atoms with van der Waals surface area (Å²) in [6.45, 7) is 0.